The summed E-state index contributed by atoms with van der Waals surface area (Å²) in [6.45, 7) is 8.11. The van der Waals surface area contributed by atoms with Crippen molar-refractivity contribution in [3.05, 3.63) is 0 Å². The van der Waals surface area contributed by atoms with E-state index in [1.54, 1.807) is 0 Å². The summed E-state index contributed by atoms with van der Waals surface area (Å²) in [5, 5.41) is 0.407. The van der Waals surface area contributed by atoms with Gasteiger partial charge in [-0.3, -0.25) is 0 Å². The summed E-state index contributed by atoms with van der Waals surface area (Å²) >= 11 is 6.54. The number of hydrogen-bond donors (Lipinski definition) is 0. The van der Waals surface area contributed by atoms with E-state index in [-0.39, 0.29) is 0 Å². The van der Waals surface area contributed by atoms with Gasteiger partial charge in [0.1, 0.15) is 0 Å². The lowest BCUT2D eigenvalue weighted by molar-refractivity contribution is 0.0866. The maximum Gasteiger partial charge on any atom is 0.0576 e. The highest BCUT2D eigenvalue weighted by molar-refractivity contribution is 6.20. The van der Waals surface area contributed by atoms with Gasteiger partial charge in [0.15, 0.2) is 0 Å². The molecule has 1 aliphatic carbocycles. The van der Waals surface area contributed by atoms with Gasteiger partial charge in [-0.2, -0.15) is 0 Å². The highest BCUT2D eigenvalue weighted by Gasteiger charge is 2.35. The van der Waals surface area contributed by atoms with Gasteiger partial charge in [0.25, 0.3) is 0 Å². The molecular formula is C16H29ClO. The minimum absolute atomic E-state index is 0.407. The van der Waals surface area contributed by atoms with E-state index in [1.807, 2.05) is 0 Å². The molecule has 2 aliphatic rings. The van der Waals surface area contributed by atoms with Crippen LogP contribution >= 0.6 is 11.6 Å². The minimum atomic E-state index is 0.407. The van der Waals surface area contributed by atoms with Crippen LogP contribution in [0.25, 0.3) is 0 Å². The van der Waals surface area contributed by atoms with Gasteiger partial charge >= 0.3 is 0 Å². The van der Waals surface area contributed by atoms with Crippen LogP contribution in [-0.2, 0) is 4.74 Å². The highest BCUT2D eigenvalue weighted by Crippen LogP contribution is 2.43. The predicted molar refractivity (Wildman–Crippen MR) is 78.1 cm³/mol. The Morgan fingerprint density at radius 2 is 1.89 bits per heavy atom. The van der Waals surface area contributed by atoms with Crippen molar-refractivity contribution in [1.82, 2.24) is 0 Å². The van der Waals surface area contributed by atoms with Crippen LogP contribution in [0.15, 0.2) is 0 Å². The maximum absolute atomic E-state index is 6.54. The monoisotopic (exact) mass is 272 g/mol. The Morgan fingerprint density at radius 3 is 2.50 bits per heavy atom. The molecule has 0 aromatic heterocycles. The van der Waals surface area contributed by atoms with Crippen LogP contribution in [0.4, 0.5) is 0 Å². The summed E-state index contributed by atoms with van der Waals surface area (Å²) in [7, 11) is 0. The first-order valence-electron chi connectivity index (χ1n) is 7.72. The molecule has 1 heterocycles. The molecule has 1 saturated heterocycles. The number of rotatable bonds is 3. The van der Waals surface area contributed by atoms with E-state index in [1.165, 1.54) is 44.9 Å². The Balaban J connectivity index is 1.81. The zero-order chi connectivity index (χ0) is 13.2. The second-order valence-electron chi connectivity index (χ2n) is 7.36. The summed E-state index contributed by atoms with van der Waals surface area (Å²) < 4.78 is 5.73. The molecule has 0 N–H and O–H groups in total. The van der Waals surface area contributed by atoms with E-state index >= 15 is 0 Å². The van der Waals surface area contributed by atoms with Crippen LogP contribution in [0, 0.1) is 17.3 Å². The second kappa shape index (κ2) is 6.13. The van der Waals surface area contributed by atoms with Crippen molar-refractivity contribution in [3.63, 3.8) is 0 Å². The minimum Gasteiger partial charge on any atom is -0.378 e. The van der Waals surface area contributed by atoms with Gasteiger partial charge in [-0.25, -0.2) is 0 Å². The lowest BCUT2D eigenvalue weighted by Gasteiger charge is -2.40. The van der Waals surface area contributed by atoms with Crippen molar-refractivity contribution in [1.29, 1.82) is 0 Å². The lowest BCUT2D eigenvalue weighted by Crippen LogP contribution is -2.32. The Labute approximate surface area is 118 Å². The van der Waals surface area contributed by atoms with E-state index in [0.717, 1.165) is 12.5 Å². The first-order chi connectivity index (χ1) is 8.47. The van der Waals surface area contributed by atoms with Crippen LogP contribution in [0.3, 0.4) is 0 Å². The molecule has 2 heteroatoms. The molecule has 0 spiro atoms. The van der Waals surface area contributed by atoms with Crippen molar-refractivity contribution in [3.8, 4) is 0 Å². The van der Waals surface area contributed by atoms with Gasteiger partial charge < -0.3 is 4.74 Å². The van der Waals surface area contributed by atoms with Crippen molar-refractivity contribution in [2.45, 2.75) is 77.2 Å². The maximum atomic E-state index is 6.54. The zero-order valence-corrected chi connectivity index (χ0v) is 13.0. The van der Waals surface area contributed by atoms with Gasteiger partial charge in [-0.15, -0.1) is 11.6 Å². The van der Waals surface area contributed by atoms with Gasteiger partial charge in [-0.05, 0) is 62.2 Å². The Kier molecular flexibility index (Phi) is 4.99. The molecule has 0 amide bonds. The number of alkyl halides is 1. The third kappa shape index (κ3) is 3.87. The largest absolute Gasteiger partial charge is 0.378 e. The molecule has 2 rings (SSSR count). The third-order valence-corrected chi connectivity index (χ3v) is 5.57. The Bertz CT molecular complexity index is 252. The van der Waals surface area contributed by atoms with Crippen LogP contribution in [-0.4, -0.2) is 18.1 Å². The quantitative estimate of drug-likeness (QED) is 0.656. The van der Waals surface area contributed by atoms with Crippen molar-refractivity contribution in [2.24, 2.45) is 17.3 Å². The topological polar surface area (TPSA) is 9.23 Å². The van der Waals surface area contributed by atoms with Gasteiger partial charge in [0, 0.05) is 12.0 Å². The molecule has 2 fully saturated rings. The average Bonchev–Trinajstić information content (AvgIpc) is 2.79. The molecule has 1 aliphatic heterocycles. The van der Waals surface area contributed by atoms with Gasteiger partial charge in [-0.1, -0.05) is 20.8 Å². The normalized spacial score (nSPS) is 38.0. The fourth-order valence-corrected chi connectivity index (χ4v) is 3.94. The standard InChI is InChI=1S/C16H29ClO/c1-16(2,3)13-7-9-15(17)12(11-13)6-8-14-5-4-10-18-14/h12-15H,4-11H2,1-3H3. The van der Waals surface area contributed by atoms with E-state index < -0.39 is 0 Å². The molecule has 0 aromatic rings. The fourth-order valence-electron chi connectivity index (χ4n) is 3.58. The van der Waals surface area contributed by atoms with Gasteiger partial charge in [0.05, 0.1) is 6.10 Å². The summed E-state index contributed by atoms with van der Waals surface area (Å²) in [6.07, 6.45) is 9.39. The van der Waals surface area contributed by atoms with E-state index in [2.05, 4.69) is 20.8 Å². The van der Waals surface area contributed by atoms with Gasteiger partial charge in [0.2, 0.25) is 0 Å². The number of ether oxygens (including phenoxy) is 1. The van der Waals surface area contributed by atoms with Crippen molar-refractivity contribution >= 4 is 11.6 Å². The Hall–Kier alpha value is 0.250. The zero-order valence-electron chi connectivity index (χ0n) is 12.3. The van der Waals surface area contributed by atoms with Crippen LogP contribution < -0.4 is 0 Å². The molecule has 18 heavy (non-hydrogen) atoms. The van der Waals surface area contributed by atoms with Crippen LogP contribution in [0.2, 0.25) is 0 Å². The average molecular weight is 273 g/mol. The Morgan fingerprint density at radius 1 is 1.11 bits per heavy atom. The molecule has 1 nitrogen and oxygen atoms in total. The summed E-state index contributed by atoms with van der Waals surface area (Å²) in [4.78, 5) is 0. The van der Waals surface area contributed by atoms with Crippen LogP contribution in [0.5, 0.6) is 0 Å². The lowest BCUT2D eigenvalue weighted by atomic mass is 9.68. The molecule has 0 bridgehead atoms. The molecule has 4 atom stereocenters. The second-order valence-corrected chi connectivity index (χ2v) is 7.93. The van der Waals surface area contributed by atoms with Crippen molar-refractivity contribution in [2.75, 3.05) is 6.61 Å². The molecule has 106 valence electrons. The fraction of sp³-hybridized carbons (Fsp3) is 1.00. The molecule has 0 radical (unpaired) electrons. The summed E-state index contributed by atoms with van der Waals surface area (Å²) in [5.41, 5.74) is 0.444. The number of hydrogen-bond acceptors (Lipinski definition) is 1. The molecule has 4 unspecified atom stereocenters. The SMILES string of the molecule is CC(C)(C)C1CCC(Cl)C(CCC2CCCO2)C1. The summed E-state index contributed by atoms with van der Waals surface area (Å²) in [6, 6.07) is 0. The number of halogens is 1. The van der Waals surface area contributed by atoms with E-state index in [0.29, 0.717) is 22.8 Å². The first-order valence-corrected chi connectivity index (χ1v) is 8.16. The smallest absolute Gasteiger partial charge is 0.0576 e. The highest BCUT2D eigenvalue weighted by atomic mass is 35.5. The molecular weight excluding hydrogens is 244 g/mol. The van der Waals surface area contributed by atoms with E-state index in [9.17, 15) is 0 Å². The summed E-state index contributed by atoms with van der Waals surface area (Å²) in [5.74, 6) is 1.57. The molecule has 1 saturated carbocycles. The predicted octanol–water partition coefficient (Wildman–Crippen LogP) is 5.02. The van der Waals surface area contributed by atoms with Crippen LogP contribution in [0.1, 0.15) is 65.7 Å². The third-order valence-electron chi connectivity index (χ3n) is 5.00. The van der Waals surface area contributed by atoms with E-state index in [4.69, 9.17) is 16.3 Å². The molecule has 0 aromatic carbocycles. The first kappa shape index (κ1) is 14.7. The van der Waals surface area contributed by atoms with Crippen molar-refractivity contribution < 1.29 is 4.74 Å².